The molecule has 1 saturated carbocycles. The quantitative estimate of drug-likeness (QED) is 0.745. The molecule has 1 atom stereocenters. The topological polar surface area (TPSA) is 38.9 Å². The summed E-state index contributed by atoms with van der Waals surface area (Å²) < 4.78 is 0. The van der Waals surface area contributed by atoms with Crippen LogP contribution >= 0.6 is 0 Å². The molecule has 1 heterocycles. The van der Waals surface area contributed by atoms with Gasteiger partial charge in [0.1, 0.15) is 0 Å². The van der Waals surface area contributed by atoms with E-state index in [4.69, 9.17) is 5.73 Å². The molecule has 0 aliphatic heterocycles. The summed E-state index contributed by atoms with van der Waals surface area (Å²) in [5.41, 5.74) is 8.96. The Morgan fingerprint density at radius 2 is 2.23 bits per heavy atom. The number of hydrogen-bond acceptors (Lipinski definition) is 2. The van der Waals surface area contributed by atoms with E-state index >= 15 is 0 Å². The van der Waals surface area contributed by atoms with E-state index in [2.05, 4.69) is 24.9 Å². The maximum atomic E-state index is 6.01. The first kappa shape index (κ1) is 8.70. The van der Waals surface area contributed by atoms with Crippen LogP contribution in [0.2, 0.25) is 0 Å². The molecule has 70 valence electrons. The minimum absolute atomic E-state index is 0.258. The van der Waals surface area contributed by atoms with E-state index in [1.165, 1.54) is 24.0 Å². The van der Waals surface area contributed by atoms with Crippen molar-refractivity contribution in [3.05, 3.63) is 29.6 Å². The van der Waals surface area contributed by atoms with Crippen molar-refractivity contribution >= 4 is 0 Å². The Kier molecular flexibility index (Phi) is 1.88. The molecule has 13 heavy (non-hydrogen) atoms. The van der Waals surface area contributed by atoms with Crippen LogP contribution in [0.1, 0.15) is 30.9 Å². The van der Waals surface area contributed by atoms with Gasteiger partial charge in [-0.3, -0.25) is 4.98 Å². The molecule has 1 aliphatic carbocycles. The van der Waals surface area contributed by atoms with E-state index in [0.29, 0.717) is 0 Å². The summed E-state index contributed by atoms with van der Waals surface area (Å²) >= 11 is 0. The maximum absolute atomic E-state index is 6.01. The second-order valence-corrected chi connectivity index (χ2v) is 4.14. The first-order chi connectivity index (χ1) is 6.17. The van der Waals surface area contributed by atoms with Crippen molar-refractivity contribution in [2.24, 2.45) is 5.73 Å². The number of rotatable bonds is 2. The van der Waals surface area contributed by atoms with Crippen LogP contribution in [-0.4, -0.2) is 11.0 Å². The van der Waals surface area contributed by atoms with E-state index in [1.54, 1.807) is 0 Å². The van der Waals surface area contributed by atoms with Crippen LogP contribution in [0.3, 0.4) is 0 Å². The van der Waals surface area contributed by atoms with Crippen LogP contribution in [0, 0.1) is 6.92 Å². The van der Waals surface area contributed by atoms with Gasteiger partial charge in [-0.15, -0.1) is 0 Å². The monoisotopic (exact) mass is 176 g/mol. The van der Waals surface area contributed by atoms with Crippen molar-refractivity contribution in [1.29, 1.82) is 0 Å². The van der Waals surface area contributed by atoms with Crippen molar-refractivity contribution in [2.45, 2.75) is 38.1 Å². The molecule has 1 aromatic rings. The predicted octanol–water partition coefficient (Wildman–Crippen LogP) is 1.77. The fraction of sp³-hybridized carbons (Fsp3) is 0.545. The molecule has 2 nitrogen and oxygen atoms in total. The number of hydrogen-bond donors (Lipinski definition) is 1. The number of nitrogens with zero attached hydrogens (tertiary/aromatic N) is 1. The number of pyridine rings is 1. The molecule has 0 radical (unpaired) electrons. The molecular weight excluding hydrogens is 160 g/mol. The maximum Gasteiger partial charge on any atom is 0.0300 e. The lowest BCUT2D eigenvalue weighted by Crippen LogP contribution is -2.32. The van der Waals surface area contributed by atoms with Crippen molar-refractivity contribution in [2.75, 3.05) is 0 Å². The minimum Gasteiger partial charge on any atom is -0.327 e. The van der Waals surface area contributed by atoms with Gasteiger partial charge in [0.05, 0.1) is 0 Å². The summed E-state index contributed by atoms with van der Waals surface area (Å²) in [6.45, 7) is 4.22. The van der Waals surface area contributed by atoms with E-state index < -0.39 is 0 Å². The Hall–Kier alpha value is -0.890. The van der Waals surface area contributed by atoms with Crippen molar-refractivity contribution in [3.8, 4) is 0 Å². The lowest BCUT2D eigenvalue weighted by molar-refractivity contribution is 0.553. The summed E-state index contributed by atoms with van der Waals surface area (Å²) in [4.78, 5) is 4.10. The molecule has 0 saturated heterocycles. The van der Waals surface area contributed by atoms with Gasteiger partial charge in [-0.2, -0.15) is 0 Å². The third kappa shape index (κ3) is 1.25. The Balaban J connectivity index is 2.41. The lowest BCUT2D eigenvalue weighted by atomic mass is 9.87. The van der Waals surface area contributed by atoms with E-state index in [1.807, 2.05) is 12.4 Å². The largest absolute Gasteiger partial charge is 0.327 e. The van der Waals surface area contributed by atoms with Crippen LogP contribution in [-0.2, 0) is 5.41 Å². The van der Waals surface area contributed by atoms with Gasteiger partial charge in [-0.25, -0.2) is 0 Å². The third-order valence-corrected chi connectivity index (χ3v) is 3.22. The second-order valence-electron chi connectivity index (χ2n) is 4.14. The SMILES string of the molecule is Cc1cnccc1C1(C(C)N)CC1. The van der Waals surface area contributed by atoms with Gasteiger partial charge in [0.2, 0.25) is 0 Å². The molecule has 0 amide bonds. The van der Waals surface area contributed by atoms with E-state index in [0.717, 1.165) is 0 Å². The standard InChI is InChI=1S/C11H16N2/c1-8-7-13-6-3-10(8)11(4-5-11)9(2)12/h3,6-7,9H,4-5,12H2,1-2H3. The zero-order chi connectivity index (χ0) is 9.47. The lowest BCUT2D eigenvalue weighted by Gasteiger charge is -2.21. The molecule has 2 N–H and O–H groups in total. The molecule has 2 heteroatoms. The highest BCUT2D eigenvalue weighted by molar-refractivity contribution is 5.37. The fourth-order valence-electron chi connectivity index (χ4n) is 2.14. The zero-order valence-corrected chi connectivity index (χ0v) is 8.25. The molecule has 0 aromatic carbocycles. The van der Waals surface area contributed by atoms with Gasteiger partial charge in [0, 0.05) is 23.9 Å². The normalized spacial score (nSPS) is 21.2. The predicted molar refractivity (Wildman–Crippen MR) is 53.5 cm³/mol. The minimum atomic E-state index is 0.258. The summed E-state index contributed by atoms with van der Waals surface area (Å²) in [7, 11) is 0. The van der Waals surface area contributed by atoms with E-state index in [-0.39, 0.29) is 11.5 Å². The third-order valence-electron chi connectivity index (χ3n) is 3.22. The Morgan fingerprint density at radius 3 is 2.69 bits per heavy atom. The Labute approximate surface area is 79.2 Å². The Morgan fingerprint density at radius 1 is 1.54 bits per heavy atom. The molecule has 1 aliphatic rings. The van der Waals surface area contributed by atoms with Crippen LogP contribution in [0.25, 0.3) is 0 Å². The number of nitrogens with two attached hydrogens (primary N) is 1. The van der Waals surface area contributed by atoms with Gasteiger partial charge in [0.25, 0.3) is 0 Å². The number of aryl methyl sites for hydroxylation is 1. The average Bonchev–Trinajstić information content (AvgIpc) is 2.85. The fourth-order valence-corrected chi connectivity index (χ4v) is 2.14. The Bertz CT molecular complexity index is 314. The van der Waals surface area contributed by atoms with Crippen LogP contribution in [0.15, 0.2) is 18.5 Å². The molecule has 0 bridgehead atoms. The van der Waals surface area contributed by atoms with Crippen LogP contribution in [0.4, 0.5) is 0 Å². The molecule has 2 rings (SSSR count). The highest BCUT2D eigenvalue weighted by Crippen LogP contribution is 2.50. The van der Waals surface area contributed by atoms with Crippen LogP contribution < -0.4 is 5.73 Å². The first-order valence-corrected chi connectivity index (χ1v) is 4.83. The highest BCUT2D eigenvalue weighted by Gasteiger charge is 2.47. The molecule has 1 unspecified atom stereocenters. The van der Waals surface area contributed by atoms with Crippen LogP contribution in [0.5, 0.6) is 0 Å². The van der Waals surface area contributed by atoms with Gasteiger partial charge in [-0.05, 0) is 43.9 Å². The zero-order valence-electron chi connectivity index (χ0n) is 8.25. The van der Waals surface area contributed by atoms with Gasteiger partial charge >= 0.3 is 0 Å². The van der Waals surface area contributed by atoms with Gasteiger partial charge in [0.15, 0.2) is 0 Å². The molecule has 1 fully saturated rings. The number of aromatic nitrogens is 1. The highest BCUT2D eigenvalue weighted by atomic mass is 14.7. The van der Waals surface area contributed by atoms with Crippen molar-refractivity contribution in [3.63, 3.8) is 0 Å². The first-order valence-electron chi connectivity index (χ1n) is 4.83. The smallest absolute Gasteiger partial charge is 0.0300 e. The van der Waals surface area contributed by atoms with E-state index in [9.17, 15) is 0 Å². The average molecular weight is 176 g/mol. The molecule has 1 aromatic heterocycles. The molecule has 0 spiro atoms. The van der Waals surface area contributed by atoms with Crippen molar-refractivity contribution in [1.82, 2.24) is 4.98 Å². The summed E-state index contributed by atoms with van der Waals surface area (Å²) in [6.07, 6.45) is 6.26. The summed E-state index contributed by atoms with van der Waals surface area (Å²) in [5, 5.41) is 0. The second kappa shape index (κ2) is 2.81. The van der Waals surface area contributed by atoms with Gasteiger partial charge in [-0.1, -0.05) is 0 Å². The van der Waals surface area contributed by atoms with Crippen molar-refractivity contribution < 1.29 is 0 Å². The summed E-state index contributed by atoms with van der Waals surface area (Å²) in [5.74, 6) is 0. The van der Waals surface area contributed by atoms with Gasteiger partial charge < -0.3 is 5.73 Å². The molecular formula is C11H16N2. The summed E-state index contributed by atoms with van der Waals surface area (Å²) in [6, 6.07) is 2.37.